The monoisotopic (exact) mass is 331 g/mol. The van der Waals surface area contributed by atoms with Crippen LogP contribution in [-0.2, 0) is 0 Å². The molecule has 4 rings (SSSR count). The average Bonchev–Trinajstić information content (AvgIpc) is 3.10. The Morgan fingerprint density at radius 1 is 0.880 bits per heavy atom. The Bertz CT molecular complexity index is 1030. The molecule has 2 N–H and O–H groups in total. The predicted octanol–water partition coefficient (Wildman–Crippen LogP) is 3.93. The first-order chi connectivity index (χ1) is 12.3. The number of fused-ring (bicyclic) bond motifs is 1. The van der Waals surface area contributed by atoms with Crippen molar-refractivity contribution in [2.75, 3.05) is 10.6 Å². The summed E-state index contributed by atoms with van der Waals surface area (Å²) in [5.74, 6) is 0.309. The molecule has 0 spiro atoms. The zero-order valence-corrected chi connectivity index (χ0v) is 13.0. The second kappa shape index (κ2) is 6.40. The summed E-state index contributed by atoms with van der Waals surface area (Å²) in [6, 6.07) is 16.6. The van der Waals surface area contributed by atoms with Crippen LogP contribution in [0.3, 0.4) is 0 Å². The number of nitrogens with zero attached hydrogens (tertiary/aromatic N) is 3. The molecule has 7 heteroatoms. The third-order valence-electron chi connectivity index (χ3n) is 3.58. The van der Waals surface area contributed by atoms with Crippen LogP contribution in [0.1, 0.15) is 0 Å². The number of pyridine rings is 1. The first-order valence-electron chi connectivity index (χ1n) is 7.59. The topological polar surface area (TPSA) is 92.9 Å². The Morgan fingerprint density at radius 3 is 2.52 bits per heavy atom. The van der Waals surface area contributed by atoms with Crippen molar-refractivity contribution in [3.05, 3.63) is 67.0 Å². The van der Waals surface area contributed by atoms with Gasteiger partial charge in [-0.15, -0.1) is 5.10 Å². The fourth-order valence-electron chi connectivity index (χ4n) is 2.41. The summed E-state index contributed by atoms with van der Waals surface area (Å²) in [5.41, 5.74) is 1.40. The maximum absolute atomic E-state index is 12.1. The average molecular weight is 331 g/mol. The van der Waals surface area contributed by atoms with E-state index in [0.29, 0.717) is 11.6 Å². The summed E-state index contributed by atoms with van der Waals surface area (Å²) in [7, 11) is 0. The minimum atomic E-state index is -0.458. The molecule has 2 aromatic carbocycles. The number of aromatic nitrogens is 3. The fraction of sp³-hybridized carbons (Fsp3) is 0. The van der Waals surface area contributed by atoms with Gasteiger partial charge < -0.3 is 9.73 Å². The Hall–Kier alpha value is -3.74. The third-order valence-corrected chi connectivity index (χ3v) is 3.58. The largest absolute Gasteiger partial charge is 0.403 e. The molecule has 7 nitrogen and oxygen atoms in total. The van der Waals surface area contributed by atoms with Crippen molar-refractivity contribution < 1.29 is 9.21 Å². The lowest BCUT2D eigenvalue weighted by Gasteiger charge is -2.06. The Labute approximate surface area is 142 Å². The smallest absolute Gasteiger partial charge is 0.327 e. The number of nitrogens with one attached hydrogen (secondary N) is 2. The summed E-state index contributed by atoms with van der Waals surface area (Å²) < 4.78 is 5.43. The zero-order chi connectivity index (χ0) is 17.1. The number of carbonyl (C=O) groups excluding carboxylic acids is 1. The van der Waals surface area contributed by atoms with E-state index in [2.05, 4.69) is 25.8 Å². The van der Waals surface area contributed by atoms with Crippen LogP contribution in [0, 0.1) is 0 Å². The van der Waals surface area contributed by atoms with Crippen LogP contribution in [0.5, 0.6) is 0 Å². The molecule has 0 atom stereocenters. The number of amides is 2. The molecule has 0 radical (unpaired) electrons. The van der Waals surface area contributed by atoms with E-state index in [9.17, 15) is 4.79 Å². The first-order valence-corrected chi connectivity index (χ1v) is 7.59. The molecule has 122 valence electrons. The molecule has 0 aliphatic carbocycles. The third kappa shape index (κ3) is 3.30. The minimum absolute atomic E-state index is 0.0186. The number of hydrogen-bond donors (Lipinski definition) is 2. The number of benzene rings is 2. The number of hydrogen-bond acceptors (Lipinski definition) is 5. The molecule has 0 bridgehead atoms. The van der Waals surface area contributed by atoms with Crippen LogP contribution in [0.4, 0.5) is 16.5 Å². The van der Waals surface area contributed by atoms with Crippen molar-refractivity contribution in [2.45, 2.75) is 0 Å². The zero-order valence-electron chi connectivity index (χ0n) is 13.0. The molecule has 2 amide bonds. The molecule has 0 fully saturated rings. The van der Waals surface area contributed by atoms with Crippen molar-refractivity contribution in [3.63, 3.8) is 0 Å². The second-order valence-corrected chi connectivity index (χ2v) is 5.29. The molecule has 4 aromatic rings. The van der Waals surface area contributed by atoms with Crippen molar-refractivity contribution in [3.8, 4) is 11.5 Å². The Balaban J connectivity index is 1.46. The summed E-state index contributed by atoms with van der Waals surface area (Å²) >= 11 is 0. The van der Waals surface area contributed by atoms with E-state index in [-0.39, 0.29) is 6.01 Å². The summed E-state index contributed by atoms with van der Waals surface area (Å²) in [6.45, 7) is 0. The lowest BCUT2D eigenvalue weighted by molar-refractivity contribution is 0.261. The second-order valence-electron chi connectivity index (χ2n) is 5.29. The van der Waals surface area contributed by atoms with Gasteiger partial charge >= 0.3 is 12.0 Å². The van der Waals surface area contributed by atoms with Crippen LogP contribution < -0.4 is 10.6 Å². The van der Waals surface area contributed by atoms with Gasteiger partial charge in [-0.05, 0) is 35.0 Å². The van der Waals surface area contributed by atoms with Crippen molar-refractivity contribution >= 4 is 28.5 Å². The van der Waals surface area contributed by atoms with Gasteiger partial charge in [0.1, 0.15) is 0 Å². The quantitative estimate of drug-likeness (QED) is 0.593. The van der Waals surface area contributed by atoms with Crippen LogP contribution in [-0.4, -0.2) is 21.2 Å². The van der Waals surface area contributed by atoms with Crippen LogP contribution in [0.15, 0.2) is 71.4 Å². The molecule has 0 saturated carbocycles. The van der Waals surface area contributed by atoms with E-state index < -0.39 is 6.03 Å². The van der Waals surface area contributed by atoms with E-state index in [1.54, 1.807) is 24.5 Å². The standard InChI is InChI=1S/C18H13N5O2/c24-17(20-15-6-5-12-3-1-2-4-14(12)11-15)21-18-23-22-16(25-18)13-7-9-19-10-8-13/h1-11H,(H2,20,21,23,24). The predicted molar refractivity (Wildman–Crippen MR) is 94.1 cm³/mol. The summed E-state index contributed by atoms with van der Waals surface area (Å²) in [5, 5.41) is 15.1. The molecule has 0 saturated heterocycles. The number of carbonyl (C=O) groups is 1. The number of anilines is 2. The molecular formula is C18H13N5O2. The highest BCUT2D eigenvalue weighted by Gasteiger charge is 2.11. The summed E-state index contributed by atoms with van der Waals surface area (Å²) in [4.78, 5) is 16.0. The van der Waals surface area contributed by atoms with Gasteiger partial charge in [0.25, 0.3) is 0 Å². The van der Waals surface area contributed by atoms with Crippen LogP contribution >= 0.6 is 0 Å². The van der Waals surface area contributed by atoms with E-state index in [1.165, 1.54) is 0 Å². The maximum Gasteiger partial charge on any atom is 0.327 e. The highest BCUT2D eigenvalue weighted by Crippen LogP contribution is 2.20. The van der Waals surface area contributed by atoms with Gasteiger partial charge in [0.05, 0.1) is 0 Å². The van der Waals surface area contributed by atoms with Gasteiger partial charge in [-0.1, -0.05) is 35.4 Å². The minimum Gasteiger partial charge on any atom is -0.403 e. The van der Waals surface area contributed by atoms with E-state index in [4.69, 9.17) is 4.42 Å². The first kappa shape index (κ1) is 14.8. The lowest BCUT2D eigenvalue weighted by Crippen LogP contribution is -2.19. The number of rotatable bonds is 3. The molecule has 0 aliphatic heterocycles. The van der Waals surface area contributed by atoms with Crippen LogP contribution in [0.25, 0.3) is 22.2 Å². The maximum atomic E-state index is 12.1. The molecule has 0 aliphatic rings. The van der Waals surface area contributed by atoms with Gasteiger partial charge in [-0.3, -0.25) is 10.3 Å². The van der Waals surface area contributed by atoms with Gasteiger partial charge in [0.2, 0.25) is 5.89 Å². The molecule has 2 heterocycles. The number of urea groups is 1. The summed E-state index contributed by atoms with van der Waals surface area (Å²) in [6.07, 6.45) is 3.25. The van der Waals surface area contributed by atoms with E-state index >= 15 is 0 Å². The highest BCUT2D eigenvalue weighted by molar-refractivity contribution is 6.00. The van der Waals surface area contributed by atoms with Gasteiger partial charge in [-0.2, -0.15) is 0 Å². The van der Waals surface area contributed by atoms with Gasteiger partial charge in [0.15, 0.2) is 0 Å². The molecule has 25 heavy (non-hydrogen) atoms. The van der Waals surface area contributed by atoms with Crippen molar-refractivity contribution in [2.24, 2.45) is 0 Å². The normalized spacial score (nSPS) is 10.6. The Kier molecular flexibility index (Phi) is 3.80. The molecule has 0 unspecified atom stereocenters. The molecule has 2 aromatic heterocycles. The van der Waals surface area contributed by atoms with E-state index in [0.717, 1.165) is 16.3 Å². The van der Waals surface area contributed by atoms with Crippen molar-refractivity contribution in [1.29, 1.82) is 0 Å². The Morgan fingerprint density at radius 2 is 1.68 bits per heavy atom. The van der Waals surface area contributed by atoms with Crippen LogP contribution in [0.2, 0.25) is 0 Å². The molecular weight excluding hydrogens is 318 g/mol. The lowest BCUT2D eigenvalue weighted by atomic mass is 10.1. The van der Waals surface area contributed by atoms with Crippen molar-refractivity contribution in [1.82, 2.24) is 15.2 Å². The SMILES string of the molecule is O=C(Nc1ccc2ccccc2c1)Nc1nnc(-c2ccncc2)o1. The highest BCUT2D eigenvalue weighted by atomic mass is 16.4. The van der Waals surface area contributed by atoms with E-state index in [1.807, 2.05) is 42.5 Å². The van der Waals surface area contributed by atoms with Gasteiger partial charge in [0, 0.05) is 23.6 Å². The van der Waals surface area contributed by atoms with Gasteiger partial charge in [-0.25, -0.2) is 4.79 Å². The fourth-order valence-corrected chi connectivity index (χ4v) is 2.41.